The number of hydrogen-bond acceptors (Lipinski definition) is 4. The molecule has 158 valence electrons. The first-order chi connectivity index (χ1) is 13.6. The Kier molecular flexibility index (Phi) is 8.51. The van der Waals surface area contributed by atoms with Crippen LogP contribution in [0.2, 0.25) is 0 Å². The van der Waals surface area contributed by atoms with Gasteiger partial charge in [-0.15, -0.1) is 24.0 Å². The van der Waals surface area contributed by atoms with E-state index in [9.17, 15) is 4.39 Å². The topological polar surface area (TPSA) is 78.1 Å². The fourth-order valence-corrected chi connectivity index (χ4v) is 3.44. The van der Waals surface area contributed by atoms with E-state index in [2.05, 4.69) is 10.3 Å². The molecule has 0 atom stereocenters. The number of hydrogen-bond donors (Lipinski definition) is 2. The van der Waals surface area contributed by atoms with Gasteiger partial charge in [0.25, 0.3) is 0 Å². The van der Waals surface area contributed by atoms with Crippen molar-refractivity contribution in [3.05, 3.63) is 53.8 Å². The Morgan fingerprint density at radius 2 is 1.76 bits per heavy atom. The Bertz CT molecular complexity index is 824. The lowest BCUT2D eigenvalue weighted by Gasteiger charge is -2.36. The summed E-state index contributed by atoms with van der Waals surface area (Å²) in [6.45, 7) is 1.79. The maximum absolute atomic E-state index is 13.3. The Hall–Kier alpha value is -2.07. The van der Waals surface area contributed by atoms with Gasteiger partial charge in [0.1, 0.15) is 5.82 Å². The molecule has 1 heterocycles. The number of nitrogens with one attached hydrogen (secondary N) is 1. The highest BCUT2D eigenvalue weighted by atomic mass is 127. The van der Waals surface area contributed by atoms with Crippen LogP contribution in [-0.4, -0.2) is 39.9 Å². The monoisotopic (exact) mass is 515 g/mol. The molecular formula is C21H27FIN3O3. The van der Waals surface area contributed by atoms with Crippen molar-refractivity contribution in [1.29, 1.82) is 0 Å². The largest absolute Gasteiger partial charge is 0.493 e. The highest BCUT2D eigenvalue weighted by Crippen LogP contribution is 2.35. The first-order valence-corrected chi connectivity index (χ1v) is 9.19. The first kappa shape index (κ1) is 23.2. The predicted molar refractivity (Wildman–Crippen MR) is 123 cm³/mol. The van der Waals surface area contributed by atoms with E-state index >= 15 is 0 Å². The average molecular weight is 515 g/mol. The quantitative estimate of drug-likeness (QED) is 0.347. The number of nitrogens with zero attached hydrogens (tertiary/aromatic N) is 1. The lowest BCUT2D eigenvalue weighted by molar-refractivity contribution is 0.0531. The number of nitrogens with two attached hydrogens (primary N) is 1. The highest BCUT2D eigenvalue weighted by Gasteiger charge is 2.34. The maximum Gasteiger partial charge on any atom is 0.193 e. The molecule has 0 unspecified atom stereocenters. The third-order valence-corrected chi connectivity index (χ3v) is 5.11. The van der Waals surface area contributed by atoms with Crippen molar-refractivity contribution < 1.29 is 18.6 Å². The van der Waals surface area contributed by atoms with Crippen LogP contribution in [-0.2, 0) is 10.2 Å². The molecule has 0 aromatic heterocycles. The van der Waals surface area contributed by atoms with Crippen LogP contribution in [0.5, 0.6) is 11.5 Å². The molecule has 8 heteroatoms. The standard InChI is InChI=1S/C21H26FN3O3.HI/c1-26-18-8-7-17(13-19(18)27-2)25-20(23)24-14-21(9-11-28-12-10-21)15-3-5-16(22)6-4-15;/h3-8,13H,9-12,14H2,1-2H3,(H3,23,24,25);1H. The predicted octanol–water partition coefficient (Wildman–Crippen LogP) is 3.94. The zero-order chi connectivity index (χ0) is 20.0. The fourth-order valence-electron chi connectivity index (χ4n) is 3.44. The number of halogens is 2. The molecule has 2 aromatic carbocycles. The Morgan fingerprint density at radius 3 is 2.38 bits per heavy atom. The molecule has 0 amide bonds. The SMILES string of the molecule is COc1ccc(NC(N)=NCC2(c3ccc(F)cc3)CCOCC2)cc1OC.I. The number of benzene rings is 2. The van der Waals surface area contributed by atoms with Crippen LogP contribution in [0, 0.1) is 5.82 Å². The van der Waals surface area contributed by atoms with E-state index in [1.807, 2.05) is 18.2 Å². The molecule has 3 rings (SSSR count). The second kappa shape index (κ2) is 10.6. The average Bonchev–Trinajstić information content (AvgIpc) is 2.73. The summed E-state index contributed by atoms with van der Waals surface area (Å²) < 4.78 is 29.4. The van der Waals surface area contributed by atoms with Crippen LogP contribution in [0.25, 0.3) is 0 Å². The van der Waals surface area contributed by atoms with E-state index < -0.39 is 0 Å². The van der Waals surface area contributed by atoms with Gasteiger partial charge in [-0.2, -0.15) is 0 Å². The van der Waals surface area contributed by atoms with Crippen molar-refractivity contribution in [2.24, 2.45) is 10.7 Å². The van der Waals surface area contributed by atoms with E-state index in [0.29, 0.717) is 37.2 Å². The third-order valence-electron chi connectivity index (χ3n) is 5.11. The smallest absolute Gasteiger partial charge is 0.193 e. The highest BCUT2D eigenvalue weighted by molar-refractivity contribution is 14.0. The number of guanidine groups is 1. The van der Waals surface area contributed by atoms with Gasteiger partial charge in [0.15, 0.2) is 17.5 Å². The second-order valence-electron chi connectivity index (χ2n) is 6.80. The van der Waals surface area contributed by atoms with Gasteiger partial charge in [-0.25, -0.2) is 4.39 Å². The van der Waals surface area contributed by atoms with Crippen molar-refractivity contribution in [1.82, 2.24) is 0 Å². The number of aliphatic imine (C=N–C) groups is 1. The summed E-state index contributed by atoms with van der Waals surface area (Å²) in [5.74, 6) is 1.30. The number of anilines is 1. The van der Waals surface area contributed by atoms with Gasteiger partial charge >= 0.3 is 0 Å². The summed E-state index contributed by atoms with van der Waals surface area (Å²) in [4.78, 5) is 4.57. The molecule has 0 spiro atoms. The van der Waals surface area contributed by atoms with Crippen molar-refractivity contribution in [3.63, 3.8) is 0 Å². The second-order valence-corrected chi connectivity index (χ2v) is 6.80. The number of rotatable bonds is 6. The van der Waals surface area contributed by atoms with Crippen molar-refractivity contribution in [3.8, 4) is 11.5 Å². The van der Waals surface area contributed by atoms with Crippen LogP contribution >= 0.6 is 24.0 Å². The maximum atomic E-state index is 13.3. The lowest BCUT2D eigenvalue weighted by Crippen LogP contribution is -2.38. The lowest BCUT2D eigenvalue weighted by atomic mass is 9.74. The van der Waals surface area contributed by atoms with Gasteiger partial charge in [0.05, 0.1) is 20.8 Å². The van der Waals surface area contributed by atoms with Crippen LogP contribution < -0.4 is 20.5 Å². The van der Waals surface area contributed by atoms with E-state index in [4.69, 9.17) is 19.9 Å². The van der Waals surface area contributed by atoms with Gasteiger partial charge < -0.3 is 25.3 Å². The molecular weight excluding hydrogens is 488 g/mol. The molecule has 0 bridgehead atoms. The van der Waals surface area contributed by atoms with Crippen LogP contribution in [0.1, 0.15) is 18.4 Å². The van der Waals surface area contributed by atoms with E-state index in [0.717, 1.165) is 24.1 Å². The Labute approximate surface area is 187 Å². The Balaban J connectivity index is 0.00000300. The van der Waals surface area contributed by atoms with Gasteiger partial charge in [-0.1, -0.05) is 12.1 Å². The van der Waals surface area contributed by atoms with Crippen molar-refractivity contribution >= 4 is 35.6 Å². The zero-order valence-electron chi connectivity index (χ0n) is 16.6. The third kappa shape index (κ3) is 5.72. The molecule has 1 aliphatic heterocycles. The number of ether oxygens (including phenoxy) is 3. The molecule has 2 aromatic rings. The van der Waals surface area contributed by atoms with Crippen molar-refractivity contribution in [2.45, 2.75) is 18.3 Å². The van der Waals surface area contributed by atoms with E-state index in [1.54, 1.807) is 26.4 Å². The molecule has 1 saturated heterocycles. The van der Waals surface area contributed by atoms with Crippen LogP contribution in [0.4, 0.5) is 10.1 Å². The van der Waals surface area contributed by atoms with Crippen molar-refractivity contribution in [2.75, 3.05) is 39.3 Å². The normalized spacial score (nSPS) is 15.9. The zero-order valence-corrected chi connectivity index (χ0v) is 18.9. The minimum Gasteiger partial charge on any atom is -0.493 e. The first-order valence-electron chi connectivity index (χ1n) is 9.19. The fraction of sp³-hybridized carbons (Fsp3) is 0.381. The van der Waals surface area contributed by atoms with Gasteiger partial charge in [-0.3, -0.25) is 4.99 Å². The Morgan fingerprint density at radius 1 is 1.10 bits per heavy atom. The van der Waals surface area contributed by atoms with Crippen LogP contribution in [0.3, 0.4) is 0 Å². The van der Waals surface area contributed by atoms with Gasteiger partial charge in [0, 0.05) is 30.4 Å². The van der Waals surface area contributed by atoms with Crippen LogP contribution in [0.15, 0.2) is 47.5 Å². The molecule has 1 aliphatic rings. The summed E-state index contributed by atoms with van der Waals surface area (Å²) in [6.07, 6.45) is 1.62. The van der Waals surface area contributed by atoms with Gasteiger partial charge in [-0.05, 0) is 42.7 Å². The molecule has 1 fully saturated rings. The van der Waals surface area contributed by atoms with E-state index in [1.165, 1.54) is 12.1 Å². The molecule has 0 saturated carbocycles. The summed E-state index contributed by atoms with van der Waals surface area (Å²) in [6, 6.07) is 12.1. The van der Waals surface area contributed by atoms with E-state index in [-0.39, 0.29) is 35.2 Å². The molecule has 0 aliphatic carbocycles. The minimum atomic E-state index is -0.246. The molecule has 6 nitrogen and oxygen atoms in total. The summed E-state index contributed by atoms with van der Waals surface area (Å²) in [5, 5.41) is 3.09. The summed E-state index contributed by atoms with van der Waals surface area (Å²) in [7, 11) is 3.17. The summed E-state index contributed by atoms with van der Waals surface area (Å²) >= 11 is 0. The van der Waals surface area contributed by atoms with Gasteiger partial charge in [0.2, 0.25) is 0 Å². The minimum absolute atomic E-state index is 0. The molecule has 3 N–H and O–H groups in total. The summed E-state index contributed by atoms with van der Waals surface area (Å²) in [5.41, 5.74) is 7.72. The number of methoxy groups -OCH3 is 2. The molecule has 29 heavy (non-hydrogen) atoms. The molecule has 0 radical (unpaired) electrons.